The van der Waals surface area contributed by atoms with E-state index in [4.69, 9.17) is 14.3 Å². The van der Waals surface area contributed by atoms with Crippen molar-refractivity contribution in [2.24, 2.45) is 0 Å². The number of rotatable bonds is 6. The first kappa shape index (κ1) is 20.7. The molecule has 0 radical (unpaired) electrons. The van der Waals surface area contributed by atoms with E-state index < -0.39 is 17.5 Å². The minimum absolute atomic E-state index is 0.00624. The number of imidazole rings is 1. The Labute approximate surface area is 179 Å². The van der Waals surface area contributed by atoms with Gasteiger partial charge in [0.15, 0.2) is 11.5 Å². The van der Waals surface area contributed by atoms with Crippen LogP contribution in [-0.4, -0.2) is 45.4 Å². The Hall–Kier alpha value is -2.60. The highest BCUT2D eigenvalue weighted by Gasteiger charge is 2.33. The molecule has 1 aromatic carbocycles. The van der Waals surface area contributed by atoms with Gasteiger partial charge in [-0.15, -0.1) is 0 Å². The monoisotopic (exact) mass is 479 g/mol. The Bertz CT molecular complexity index is 1090. The molecule has 2 aromatic heterocycles. The molecule has 0 aliphatic carbocycles. The van der Waals surface area contributed by atoms with Gasteiger partial charge in [-0.05, 0) is 32.0 Å². The molecule has 1 fully saturated rings. The largest absolute Gasteiger partial charge is 0.348 e. The highest BCUT2D eigenvalue weighted by molar-refractivity contribution is 9.10. The number of nitrogens with zero attached hydrogens (tertiary/aromatic N) is 3. The lowest BCUT2D eigenvalue weighted by Gasteiger charge is -2.17. The number of hydrogen-bond acceptors (Lipinski definition) is 7. The number of hydroxylamine groups is 1. The normalized spacial score (nSPS) is 17.9. The van der Waals surface area contributed by atoms with Gasteiger partial charge < -0.3 is 14.8 Å². The fourth-order valence-corrected chi connectivity index (χ4v) is 3.32. The van der Waals surface area contributed by atoms with Crippen molar-refractivity contribution < 1.29 is 23.5 Å². The average Bonchev–Trinajstić information content (AvgIpc) is 3.30. The van der Waals surface area contributed by atoms with E-state index in [2.05, 4.69) is 36.7 Å². The number of amides is 1. The zero-order valence-electron chi connectivity index (χ0n) is 16.2. The van der Waals surface area contributed by atoms with Gasteiger partial charge in [0.2, 0.25) is 0 Å². The molecule has 0 spiro atoms. The minimum atomic E-state index is -0.683. The van der Waals surface area contributed by atoms with E-state index in [-0.39, 0.29) is 29.9 Å². The van der Waals surface area contributed by atoms with E-state index >= 15 is 0 Å². The standard InChI is InChI=1S/C19H19BrFN5O4/c1-19(2)28-8-13(30-19)9-29-25-18(27)16-17(26-10-22-6-12(26)7-23-16)24-15-4-3-11(20)5-14(15)21/h3-7,10,13,24H,8-9H2,1-2H3,(H,25,27)/t13-/m1/s1. The topological polar surface area (TPSA) is 99.0 Å². The molecule has 2 N–H and O–H groups in total. The molecule has 1 amide bonds. The molecule has 1 saturated heterocycles. The lowest BCUT2D eigenvalue weighted by Crippen LogP contribution is -2.31. The smallest absolute Gasteiger partial charge is 0.297 e. The van der Waals surface area contributed by atoms with E-state index in [1.54, 1.807) is 36.6 Å². The second-order valence-electron chi connectivity index (χ2n) is 7.09. The summed E-state index contributed by atoms with van der Waals surface area (Å²) in [4.78, 5) is 26.3. The minimum Gasteiger partial charge on any atom is -0.348 e. The number of carbonyl (C=O) groups excluding carboxylic acids is 1. The van der Waals surface area contributed by atoms with Crippen LogP contribution in [0.1, 0.15) is 24.3 Å². The van der Waals surface area contributed by atoms with Crippen LogP contribution in [0.15, 0.2) is 41.4 Å². The third kappa shape index (κ3) is 4.43. The fourth-order valence-electron chi connectivity index (χ4n) is 2.99. The van der Waals surface area contributed by atoms with Gasteiger partial charge >= 0.3 is 0 Å². The maximum absolute atomic E-state index is 14.3. The average molecular weight is 480 g/mol. The molecular weight excluding hydrogens is 461 g/mol. The molecule has 0 bridgehead atoms. The van der Waals surface area contributed by atoms with Crippen LogP contribution >= 0.6 is 15.9 Å². The van der Waals surface area contributed by atoms with E-state index in [1.807, 2.05) is 0 Å². The van der Waals surface area contributed by atoms with Gasteiger partial charge in [0.1, 0.15) is 30.7 Å². The molecule has 1 aliphatic heterocycles. The Morgan fingerprint density at radius 2 is 2.27 bits per heavy atom. The molecule has 11 heteroatoms. The van der Waals surface area contributed by atoms with Gasteiger partial charge in [0.05, 0.1) is 30.2 Å². The first-order valence-electron chi connectivity index (χ1n) is 9.09. The van der Waals surface area contributed by atoms with Crippen molar-refractivity contribution in [1.82, 2.24) is 19.8 Å². The van der Waals surface area contributed by atoms with Crippen molar-refractivity contribution in [2.45, 2.75) is 25.7 Å². The van der Waals surface area contributed by atoms with Crippen molar-refractivity contribution in [1.29, 1.82) is 0 Å². The molecule has 3 aromatic rings. The summed E-state index contributed by atoms with van der Waals surface area (Å²) in [7, 11) is 0. The summed E-state index contributed by atoms with van der Waals surface area (Å²) < 4.78 is 27.6. The zero-order chi connectivity index (χ0) is 21.3. The quantitative estimate of drug-likeness (QED) is 0.523. The van der Waals surface area contributed by atoms with Gasteiger partial charge in [-0.2, -0.15) is 0 Å². The number of hydrogen-bond donors (Lipinski definition) is 2. The van der Waals surface area contributed by atoms with Crippen molar-refractivity contribution >= 4 is 38.9 Å². The number of ether oxygens (including phenoxy) is 2. The maximum atomic E-state index is 14.3. The number of carbonyl (C=O) groups is 1. The van der Waals surface area contributed by atoms with Crippen LogP contribution in [0.25, 0.3) is 5.52 Å². The Kier molecular flexibility index (Phi) is 5.69. The summed E-state index contributed by atoms with van der Waals surface area (Å²) in [6.45, 7) is 4.06. The van der Waals surface area contributed by atoms with Crippen LogP contribution in [-0.2, 0) is 14.3 Å². The molecule has 158 valence electrons. The fraction of sp³-hybridized carbons (Fsp3) is 0.316. The summed E-state index contributed by atoms with van der Waals surface area (Å²) in [6.07, 6.45) is 4.26. The Morgan fingerprint density at radius 3 is 3.00 bits per heavy atom. The second kappa shape index (κ2) is 8.26. The van der Waals surface area contributed by atoms with E-state index in [0.717, 1.165) is 0 Å². The molecule has 3 heterocycles. The molecule has 9 nitrogen and oxygen atoms in total. The molecule has 4 rings (SSSR count). The zero-order valence-corrected chi connectivity index (χ0v) is 17.8. The van der Waals surface area contributed by atoms with Crippen molar-refractivity contribution in [3.63, 3.8) is 0 Å². The van der Waals surface area contributed by atoms with Gasteiger partial charge in [0, 0.05) is 4.47 Å². The van der Waals surface area contributed by atoms with E-state index in [9.17, 15) is 9.18 Å². The van der Waals surface area contributed by atoms with Crippen LogP contribution in [0.5, 0.6) is 0 Å². The van der Waals surface area contributed by atoms with E-state index in [0.29, 0.717) is 16.6 Å². The first-order valence-corrected chi connectivity index (χ1v) is 9.89. The highest BCUT2D eigenvalue weighted by Crippen LogP contribution is 2.26. The summed E-state index contributed by atoms with van der Waals surface area (Å²) in [5, 5.41) is 2.92. The lowest BCUT2D eigenvalue weighted by atomic mass is 10.3. The Morgan fingerprint density at radius 1 is 1.43 bits per heavy atom. The predicted molar refractivity (Wildman–Crippen MR) is 109 cm³/mol. The van der Waals surface area contributed by atoms with Gasteiger partial charge in [-0.1, -0.05) is 15.9 Å². The first-order chi connectivity index (χ1) is 14.3. The third-order valence-corrected chi connectivity index (χ3v) is 4.85. The molecule has 0 unspecified atom stereocenters. The van der Waals surface area contributed by atoms with Gasteiger partial charge in [0.25, 0.3) is 5.91 Å². The molecule has 1 atom stereocenters. The highest BCUT2D eigenvalue weighted by atomic mass is 79.9. The van der Waals surface area contributed by atoms with Gasteiger partial charge in [-0.25, -0.2) is 19.8 Å². The third-order valence-electron chi connectivity index (χ3n) is 4.36. The van der Waals surface area contributed by atoms with E-state index in [1.165, 1.54) is 18.6 Å². The maximum Gasteiger partial charge on any atom is 0.297 e. The van der Waals surface area contributed by atoms with Crippen LogP contribution in [0.2, 0.25) is 0 Å². The van der Waals surface area contributed by atoms with Crippen LogP contribution < -0.4 is 10.8 Å². The molecule has 0 saturated carbocycles. The summed E-state index contributed by atoms with van der Waals surface area (Å²) in [5.41, 5.74) is 3.16. The number of nitrogens with one attached hydrogen (secondary N) is 2. The van der Waals surface area contributed by atoms with Crippen molar-refractivity contribution in [3.05, 3.63) is 52.9 Å². The SMILES string of the molecule is CC1(C)OC[C@H](CONC(=O)c2ncc3cncn3c2Nc2ccc(Br)cc2F)O1. The summed E-state index contributed by atoms with van der Waals surface area (Å²) >= 11 is 3.22. The number of benzene rings is 1. The van der Waals surface area contributed by atoms with Crippen LogP contribution in [0, 0.1) is 5.82 Å². The number of aromatic nitrogens is 3. The summed E-state index contributed by atoms with van der Waals surface area (Å²) in [6, 6.07) is 4.55. The van der Waals surface area contributed by atoms with Crippen molar-refractivity contribution in [3.8, 4) is 0 Å². The lowest BCUT2D eigenvalue weighted by molar-refractivity contribution is -0.147. The molecule has 30 heavy (non-hydrogen) atoms. The molecular formula is C19H19BrFN5O4. The van der Waals surface area contributed by atoms with Crippen LogP contribution in [0.3, 0.4) is 0 Å². The number of fused-ring (bicyclic) bond motifs is 1. The predicted octanol–water partition coefficient (Wildman–Crippen LogP) is 3.19. The second-order valence-corrected chi connectivity index (χ2v) is 8.00. The molecule has 1 aliphatic rings. The number of halogens is 2. The number of anilines is 2. The van der Waals surface area contributed by atoms with Crippen LogP contribution in [0.4, 0.5) is 15.9 Å². The summed E-state index contributed by atoms with van der Waals surface area (Å²) in [5.74, 6) is -1.54. The van der Waals surface area contributed by atoms with Gasteiger partial charge in [-0.3, -0.25) is 14.0 Å². The van der Waals surface area contributed by atoms with Crippen molar-refractivity contribution in [2.75, 3.05) is 18.5 Å². The Balaban J connectivity index is 1.53.